The predicted octanol–water partition coefficient (Wildman–Crippen LogP) is 1.55. The molecule has 21 heavy (non-hydrogen) atoms. The minimum Gasteiger partial charge on any atom is -0.479 e. The van der Waals surface area contributed by atoms with Gasteiger partial charge >= 0.3 is 12.0 Å². The van der Waals surface area contributed by atoms with E-state index in [2.05, 4.69) is 0 Å². The lowest BCUT2D eigenvalue weighted by molar-refractivity contribution is -0.154. The Morgan fingerprint density at radius 3 is 2.52 bits per heavy atom. The summed E-state index contributed by atoms with van der Waals surface area (Å²) in [6, 6.07) is 0.380. The van der Waals surface area contributed by atoms with Crippen molar-refractivity contribution in [2.24, 2.45) is 5.92 Å². The SMILES string of the molecule is O=C(O)C1CN(C(=O)N2CCCC2C2CCCC2)CCO1. The number of urea groups is 1. The van der Waals surface area contributed by atoms with E-state index >= 15 is 0 Å². The lowest BCUT2D eigenvalue weighted by Gasteiger charge is -2.37. The topological polar surface area (TPSA) is 70.1 Å². The predicted molar refractivity (Wildman–Crippen MR) is 76.0 cm³/mol. The van der Waals surface area contributed by atoms with Gasteiger partial charge in [-0.25, -0.2) is 9.59 Å². The quantitative estimate of drug-likeness (QED) is 0.839. The number of likely N-dealkylation sites (tertiary alicyclic amines) is 1. The summed E-state index contributed by atoms with van der Waals surface area (Å²) in [7, 11) is 0. The van der Waals surface area contributed by atoms with Crippen LogP contribution in [-0.4, -0.2) is 65.3 Å². The van der Waals surface area contributed by atoms with Crippen LogP contribution in [0, 0.1) is 5.92 Å². The molecule has 0 aromatic heterocycles. The summed E-state index contributed by atoms with van der Waals surface area (Å²) in [5.41, 5.74) is 0. The van der Waals surface area contributed by atoms with Gasteiger partial charge in [-0.2, -0.15) is 0 Å². The van der Waals surface area contributed by atoms with E-state index in [9.17, 15) is 9.59 Å². The number of hydrogen-bond donors (Lipinski definition) is 1. The molecule has 0 aromatic rings. The maximum atomic E-state index is 12.7. The number of carboxylic acids is 1. The Hall–Kier alpha value is -1.30. The van der Waals surface area contributed by atoms with Gasteiger partial charge < -0.3 is 19.6 Å². The number of carbonyl (C=O) groups excluding carboxylic acids is 1. The molecule has 2 aliphatic heterocycles. The van der Waals surface area contributed by atoms with E-state index in [0.29, 0.717) is 25.1 Å². The van der Waals surface area contributed by atoms with E-state index in [1.807, 2.05) is 4.90 Å². The molecule has 3 fully saturated rings. The first kappa shape index (κ1) is 14.6. The Labute approximate surface area is 125 Å². The number of carbonyl (C=O) groups is 2. The van der Waals surface area contributed by atoms with Gasteiger partial charge in [0.1, 0.15) is 0 Å². The summed E-state index contributed by atoms with van der Waals surface area (Å²) >= 11 is 0. The van der Waals surface area contributed by atoms with Gasteiger partial charge in [0.2, 0.25) is 0 Å². The number of hydrogen-bond acceptors (Lipinski definition) is 3. The van der Waals surface area contributed by atoms with Crippen molar-refractivity contribution in [2.75, 3.05) is 26.2 Å². The number of aliphatic carboxylic acids is 1. The second-order valence-electron chi connectivity index (χ2n) is 6.37. The Morgan fingerprint density at radius 2 is 1.81 bits per heavy atom. The monoisotopic (exact) mass is 296 g/mol. The van der Waals surface area contributed by atoms with Crippen molar-refractivity contribution < 1.29 is 19.4 Å². The molecule has 2 unspecified atom stereocenters. The molecule has 118 valence electrons. The first-order chi connectivity index (χ1) is 10.2. The van der Waals surface area contributed by atoms with Gasteiger partial charge in [-0.05, 0) is 31.6 Å². The third-order valence-corrected chi connectivity index (χ3v) is 5.10. The van der Waals surface area contributed by atoms with Gasteiger partial charge in [-0.1, -0.05) is 12.8 Å². The van der Waals surface area contributed by atoms with Crippen molar-refractivity contribution in [2.45, 2.75) is 50.7 Å². The number of amides is 2. The largest absolute Gasteiger partial charge is 0.479 e. The first-order valence-corrected chi connectivity index (χ1v) is 8.07. The minimum atomic E-state index is -0.985. The first-order valence-electron chi connectivity index (χ1n) is 8.07. The Bertz CT molecular complexity index is 408. The molecule has 2 atom stereocenters. The van der Waals surface area contributed by atoms with Crippen LogP contribution in [-0.2, 0) is 9.53 Å². The normalized spacial score (nSPS) is 30.9. The van der Waals surface area contributed by atoms with E-state index in [4.69, 9.17) is 9.84 Å². The zero-order chi connectivity index (χ0) is 14.8. The van der Waals surface area contributed by atoms with Crippen molar-refractivity contribution >= 4 is 12.0 Å². The van der Waals surface area contributed by atoms with Crippen LogP contribution >= 0.6 is 0 Å². The van der Waals surface area contributed by atoms with E-state index in [-0.39, 0.29) is 12.6 Å². The highest BCUT2D eigenvalue weighted by atomic mass is 16.5. The molecule has 6 heteroatoms. The van der Waals surface area contributed by atoms with Gasteiger partial charge in [0.05, 0.1) is 13.2 Å². The van der Waals surface area contributed by atoms with E-state index in [0.717, 1.165) is 19.4 Å². The highest BCUT2D eigenvalue weighted by Crippen LogP contribution is 2.35. The molecule has 3 rings (SSSR count). The van der Waals surface area contributed by atoms with E-state index < -0.39 is 12.1 Å². The van der Waals surface area contributed by atoms with Gasteiger partial charge in [-0.3, -0.25) is 0 Å². The molecule has 1 saturated carbocycles. The third-order valence-electron chi connectivity index (χ3n) is 5.10. The molecule has 3 aliphatic rings. The highest BCUT2D eigenvalue weighted by molar-refractivity contribution is 5.78. The second kappa shape index (κ2) is 6.22. The fourth-order valence-corrected chi connectivity index (χ4v) is 4.02. The summed E-state index contributed by atoms with van der Waals surface area (Å²) in [5, 5.41) is 9.05. The van der Waals surface area contributed by atoms with Crippen LogP contribution in [0.2, 0.25) is 0 Å². The smallest absolute Gasteiger partial charge is 0.334 e. The fraction of sp³-hybridized carbons (Fsp3) is 0.867. The summed E-state index contributed by atoms with van der Waals surface area (Å²) in [6.45, 7) is 1.79. The summed E-state index contributed by atoms with van der Waals surface area (Å²) in [5.74, 6) is -0.339. The lowest BCUT2D eigenvalue weighted by atomic mass is 9.96. The molecule has 1 N–H and O–H groups in total. The van der Waals surface area contributed by atoms with Crippen molar-refractivity contribution in [1.29, 1.82) is 0 Å². The van der Waals surface area contributed by atoms with Crippen LogP contribution in [0.3, 0.4) is 0 Å². The molecule has 6 nitrogen and oxygen atoms in total. The van der Waals surface area contributed by atoms with Crippen molar-refractivity contribution in [3.63, 3.8) is 0 Å². The number of morpholine rings is 1. The molecule has 0 aromatic carbocycles. The minimum absolute atomic E-state index is 0.0129. The molecule has 0 bridgehead atoms. The van der Waals surface area contributed by atoms with Crippen molar-refractivity contribution in [3.8, 4) is 0 Å². The summed E-state index contributed by atoms with van der Waals surface area (Å²) in [6.07, 6.45) is 6.31. The van der Waals surface area contributed by atoms with Gasteiger partial charge in [0.15, 0.2) is 6.10 Å². The molecule has 2 saturated heterocycles. The third kappa shape index (κ3) is 3.00. The molecule has 1 aliphatic carbocycles. The molecular weight excluding hydrogens is 272 g/mol. The summed E-state index contributed by atoms with van der Waals surface area (Å²) < 4.78 is 5.20. The van der Waals surface area contributed by atoms with E-state index in [1.165, 1.54) is 25.7 Å². The van der Waals surface area contributed by atoms with Crippen LogP contribution in [0.15, 0.2) is 0 Å². The Kier molecular flexibility index (Phi) is 4.33. The fourth-order valence-electron chi connectivity index (χ4n) is 4.02. The second-order valence-corrected chi connectivity index (χ2v) is 6.37. The summed E-state index contributed by atoms with van der Waals surface area (Å²) in [4.78, 5) is 27.4. The lowest BCUT2D eigenvalue weighted by Crippen LogP contribution is -2.54. The zero-order valence-electron chi connectivity index (χ0n) is 12.4. The maximum absolute atomic E-state index is 12.7. The van der Waals surface area contributed by atoms with Crippen LogP contribution in [0.1, 0.15) is 38.5 Å². The zero-order valence-corrected chi connectivity index (χ0v) is 12.4. The van der Waals surface area contributed by atoms with Gasteiger partial charge in [0.25, 0.3) is 0 Å². The molecule has 0 spiro atoms. The standard InChI is InChI=1S/C15H24N2O4/c18-14(19)13-10-16(8-9-21-13)15(20)17-7-3-6-12(17)11-4-1-2-5-11/h11-13H,1-10H2,(H,18,19). The average molecular weight is 296 g/mol. The van der Waals surface area contributed by atoms with Crippen LogP contribution in [0.25, 0.3) is 0 Å². The van der Waals surface area contributed by atoms with E-state index in [1.54, 1.807) is 4.90 Å². The number of ether oxygens (including phenoxy) is 1. The van der Waals surface area contributed by atoms with Crippen LogP contribution in [0.4, 0.5) is 4.79 Å². The van der Waals surface area contributed by atoms with Crippen LogP contribution in [0.5, 0.6) is 0 Å². The van der Waals surface area contributed by atoms with Gasteiger partial charge in [-0.15, -0.1) is 0 Å². The molecular formula is C15H24N2O4. The van der Waals surface area contributed by atoms with Crippen molar-refractivity contribution in [1.82, 2.24) is 9.80 Å². The highest BCUT2D eigenvalue weighted by Gasteiger charge is 2.39. The van der Waals surface area contributed by atoms with Gasteiger partial charge in [0, 0.05) is 19.1 Å². The number of carboxylic acid groups (broad SMARTS) is 1. The Balaban J connectivity index is 1.64. The molecule has 0 radical (unpaired) electrons. The maximum Gasteiger partial charge on any atom is 0.334 e. The Morgan fingerprint density at radius 1 is 1.05 bits per heavy atom. The molecule has 2 heterocycles. The number of rotatable bonds is 2. The molecule has 2 amide bonds. The van der Waals surface area contributed by atoms with Crippen LogP contribution < -0.4 is 0 Å². The van der Waals surface area contributed by atoms with Crippen molar-refractivity contribution in [3.05, 3.63) is 0 Å². The average Bonchev–Trinajstić information content (AvgIpc) is 3.17. The number of nitrogens with zero attached hydrogens (tertiary/aromatic N) is 2.